The monoisotopic (exact) mass is 330 g/mol. The van der Waals surface area contributed by atoms with Crippen LogP contribution in [0.25, 0.3) is 0 Å². The minimum Gasteiger partial charge on any atom is -0.377 e. The Bertz CT molecular complexity index is 653. The highest BCUT2D eigenvalue weighted by Gasteiger charge is 2.67. The number of carbonyl (C=O) groups is 1. The van der Waals surface area contributed by atoms with Gasteiger partial charge in [0.25, 0.3) is 0 Å². The molecule has 4 aliphatic rings. The molecular formula is C18H26N4O2. The highest BCUT2D eigenvalue weighted by atomic mass is 16.5. The van der Waals surface area contributed by atoms with Crippen LogP contribution in [-0.2, 0) is 11.8 Å². The van der Waals surface area contributed by atoms with Crippen LogP contribution in [0, 0.1) is 11.3 Å². The molecule has 4 atom stereocenters. The van der Waals surface area contributed by atoms with Crippen molar-refractivity contribution >= 4 is 6.03 Å². The van der Waals surface area contributed by atoms with E-state index in [0.717, 1.165) is 38.0 Å². The molecule has 6 nitrogen and oxygen atoms in total. The van der Waals surface area contributed by atoms with Crippen LogP contribution in [0.3, 0.4) is 0 Å². The molecule has 6 heteroatoms. The van der Waals surface area contributed by atoms with Crippen molar-refractivity contribution in [1.82, 2.24) is 20.0 Å². The maximum Gasteiger partial charge on any atom is 0.318 e. The summed E-state index contributed by atoms with van der Waals surface area (Å²) < 4.78 is 7.78. The molecular weight excluding hydrogens is 304 g/mol. The Hall–Kier alpha value is -1.56. The van der Waals surface area contributed by atoms with Crippen molar-refractivity contribution in [3.8, 4) is 0 Å². The molecule has 0 bridgehead atoms. The van der Waals surface area contributed by atoms with Crippen LogP contribution in [0.5, 0.6) is 0 Å². The fourth-order valence-corrected chi connectivity index (χ4v) is 5.64. The summed E-state index contributed by atoms with van der Waals surface area (Å²) >= 11 is 0. The molecule has 2 aliphatic heterocycles. The van der Waals surface area contributed by atoms with Crippen molar-refractivity contribution in [2.45, 2.75) is 56.7 Å². The van der Waals surface area contributed by atoms with Crippen molar-refractivity contribution in [3.63, 3.8) is 0 Å². The Kier molecular flexibility index (Phi) is 3.21. The van der Waals surface area contributed by atoms with E-state index < -0.39 is 0 Å². The van der Waals surface area contributed by atoms with Crippen LogP contribution in [0.15, 0.2) is 12.4 Å². The number of hydrogen-bond donors (Lipinski definition) is 1. The number of amides is 2. The van der Waals surface area contributed by atoms with E-state index in [1.165, 1.54) is 19.3 Å². The van der Waals surface area contributed by atoms with Gasteiger partial charge in [-0.05, 0) is 32.1 Å². The van der Waals surface area contributed by atoms with Crippen LogP contribution in [-0.4, -0.2) is 46.0 Å². The van der Waals surface area contributed by atoms with Gasteiger partial charge in [-0.15, -0.1) is 0 Å². The summed E-state index contributed by atoms with van der Waals surface area (Å²) in [7, 11) is 1.93. The largest absolute Gasteiger partial charge is 0.377 e. The molecule has 2 amide bonds. The van der Waals surface area contributed by atoms with E-state index >= 15 is 0 Å². The smallest absolute Gasteiger partial charge is 0.318 e. The summed E-state index contributed by atoms with van der Waals surface area (Å²) in [5.41, 5.74) is 1.40. The zero-order valence-electron chi connectivity index (χ0n) is 14.3. The zero-order chi connectivity index (χ0) is 16.3. The minimum absolute atomic E-state index is 0.114. The third-order valence-corrected chi connectivity index (χ3v) is 6.94. The van der Waals surface area contributed by atoms with Crippen molar-refractivity contribution in [3.05, 3.63) is 18.0 Å². The molecule has 2 saturated carbocycles. The summed E-state index contributed by atoms with van der Waals surface area (Å²) in [5, 5.41) is 7.68. The van der Waals surface area contributed by atoms with Gasteiger partial charge in [-0.1, -0.05) is 6.42 Å². The van der Waals surface area contributed by atoms with Gasteiger partial charge in [-0.3, -0.25) is 4.68 Å². The normalized spacial score (nSPS) is 36.3. The summed E-state index contributed by atoms with van der Waals surface area (Å²) in [6, 6.07) is 0.608. The molecule has 0 radical (unpaired) electrons. The summed E-state index contributed by atoms with van der Waals surface area (Å²) in [6.45, 7) is 1.71. The number of nitrogens with zero attached hydrogens (tertiary/aromatic N) is 3. The molecule has 3 heterocycles. The lowest BCUT2D eigenvalue weighted by Gasteiger charge is -2.63. The SMILES string of the molecule is Cn1cc(C2CCCN2C(=O)NC2C3CCOC3C23CCC3)cn1. The summed E-state index contributed by atoms with van der Waals surface area (Å²) in [6.07, 6.45) is 11.2. The van der Waals surface area contributed by atoms with E-state index in [1.807, 2.05) is 29.0 Å². The fraction of sp³-hybridized carbons (Fsp3) is 0.778. The van der Waals surface area contributed by atoms with E-state index in [-0.39, 0.29) is 17.5 Å². The first kappa shape index (κ1) is 14.8. The van der Waals surface area contributed by atoms with Crippen LogP contribution >= 0.6 is 0 Å². The molecule has 1 spiro atoms. The van der Waals surface area contributed by atoms with Gasteiger partial charge in [0, 0.05) is 49.3 Å². The average molecular weight is 330 g/mol. The summed E-state index contributed by atoms with van der Waals surface area (Å²) in [4.78, 5) is 15.0. The highest BCUT2D eigenvalue weighted by molar-refractivity contribution is 5.76. The quantitative estimate of drug-likeness (QED) is 0.904. The van der Waals surface area contributed by atoms with Crippen LogP contribution < -0.4 is 5.32 Å². The predicted molar refractivity (Wildman–Crippen MR) is 88.3 cm³/mol. The molecule has 2 aliphatic carbocycles. The van der Waals surface area contributed by atoms with Gasteiger partial charge < -0.3 is 15.0 Å². The van der Waals surface area contributed by atoms with Crippen LogP contribution in [0.2, 0.25) is 0 Å². The second-order valence-corrected chi connectivity index (χ2v) is 8.06. The minimum atomic E-state index is 0.114. The first-order valence-corrected chi connectivity index (χ1v) is 9.36. The van der Waals surface area contributed by atoms with Crippen molar-refractivity contribution in [2.75, 3.05) is 13.2 Å². The molecule has 1 aromatic heterocycles. The number of hydrogen-bond acceptors (Lipinski definition) is 3. The molecule has 4 fully saturated rings. The zero-order valence-corrected chi connectivity index (χ0v) is 14.3. The Labute approximate surface area is 142 Å². The lowest BCUT2D eigenvalue weighted by atomic mass is 9.46. The Morgan fingerprint density at radius 3 is 2.96 bits per heavy atom. The van der Waals surface area contributed by atoms with Crippen LogP contribution in [0.1, 0.15) is 50.1 Å². The predicted octanol–water partition coefficient (Wildman–Crippen LogP) is 2.22. The lowest BCUT2D eigenvalue weighted by Crippen LogP contribution is -2.72. The summed E-state index contributed by atoms with van der Waals surface area (Å²) in [5.74, 6) is 0.536. The first-order valence-electron chi connectivity index (χ1n) is 9.36. The van der Waals surface area contributed by atoms with Gasteiger partial charge in [0.05, 0.1) is 18.3 Å². The maximum absolute atomic E-state index is 13.0. The van der Waals surface area contributed by atoms with Crippen molar-refractivity contribution in [2.24, 2.45) is 18.4 Å². The van der Waals surface area contributed by atoms with E-state index in [9.17, 15) is 4.79 Å². The molecule has 4 unspecified atom stereocenters. The van der Waals surface area contributed by atoms with E-state index in [0.29, 0.717) is 18.1 Å². The molecule has 1 N–H and O–H groups in total. The second-order valence-electron chi connectivity index (χ2n) is 8.06. The Morgan fingerprint density at radius 1 is 1.38 bits per heavy atom. The van der Waals surface area contributed by atoms with E-state index in [1.54, 1.807) is 0 Å². The number of carbonyl (C=O) groups excluding carboxylic acids is 1. The number of nitrogens with one attached hydrogen (secondary N) is 1. The Balaban J connectivity index is 1.31. The first-order chi connectivity index (χ1) is 11.7. The van der Waals surface area contributed by atoms with Crippen LogP contribution in [0.4, 0.5) is 4.79 Å². The van der Waals surface area contributed by atoms with E-state index in [4.69, 9.17) is 4.74 Å². The molecule has 24 heavy (non-hydrogen) atoms. The number of aromatic nitrogens is 2. The maximum atomic E-state index is 13.0. The van der Waals surface area contributed by atoms with Gasteiger partial charge in [-0.25, -0.2) is 4.79 Å². The lowest BCUT2D eigenvalue weighted by molar-refractivity contribution is -0.172. The topological polar surface area (TPSA) is 59.4 Å². The second kappa shape index (κ2) is 5.22. The molecule has 2 saturated heterocycles. The fourth-order valence-electron chi connectivity index (χ4n) is 5.64. The molecule has 0 aromatic carbocycles. The van der Waals surface area contributed by atoms with Gasteiger partial charge >= 0.3 is 6.03 Å². The van der Waals surface area contributed by atoms with Gasteiger partial charge in [0.1, 0.15) is 0 Å². The third-order valence-electron chi connectivity index (χ3n) is 6.94. The number of urea groups is 1. The number of rotatable bonds is 2. The van der Waals surface area contributed by atoms with Crippen molar-refractivity contribution in [1.29, 1.82) is 0 Å². The third kappa shape index (κ3) is 1.92. The van der Waals surface area contributed by atoms with Crippen molar-refractivity contribution < 1.29 is 9.53 Å². The number of aryl methyl sites for hydroxylation is 1. The number of ether oxygens (including phenoxy) is 1. The van der Waals surface area contributed by atoms with E-state index in [2.05, 4.69) is 10.4 Å². The average Bonchev–Trinajstić information content (AvgIpc) is 3.22. The Morgan fingerprint density at radius 2 is 2.25 bits per heavy atom. The highest BCUT2D eigenvalue weighted by Crippen LogP contribution is 2.62. The number of fused-ring (bicyclic) bond motifs is 2. The van der Waals surface area contributed by atoms with Gasteiger partial charge in [-0.2, -0.15) is 5.10 Å². The standard InChI is InChI=1S/C18H26N4O2/c1-21-11-12(10-19-21)14-4-2-8-22(14)17(23)20-15-13-5-9-24-16(13)18(15)6-3-7-18/h10-11,13-16H,2-9H2,1H3,(H,20,23). The molecule has 5 rings (SSSR count). The number of likely N-dealkylation sites (tertiary alicyclic amines) is 1. The van der Waals surface area contributed by atoms with Gasteiger partial charge in [0.15, 0.2) is 0 Å². The molecule has 1 aromatic rings. The van der Waals surface area contributed by atoms with Gasteiger partial charge in [0.2, 0.25) is 0 Å². The molecule has 130 valence electrons.